The molecule has 3 N–H and O–H groups in total. The highest BCUT2D eigenvalue weighted by molar-refractivity contribution is 5.99. The molecule has 0 saturated heterocycles. The van der Waals surface area contributed by atoms with E-state index in [9.17, 15) is 19.8 Å². The average molecular weight is 267 g/mol. The van der Waals surface area contributed by atoms with Crippen LogP contribution in [0.3, 0.4) is 0 Å². The van der Waals surface area contributed by atoms with E-state index in [1.807, 2.05) is 0 Å². The van der Waals surface area contributed by atoms with Gasteiger partial charge in [-0.05, 0) is 24.1 Å². The van der Waals surface area contributed by atoms with Crippen molar-refractivity contribution in [2.45, 2.75) is 19.9 Å². The van der Waals surface area contributed by atoms with Crippen LogP contribution < -0.4 is 5.32 Å². The van der Waals surface area contributed by atoms with E-state index in [1.54, 1.807) is 13.8 Å². The van der Waals surface area contributed by atoms with Gasteiger partial charge in [-0.2, -0.15) is 0 Å². The minimum Gasteiger partial charge on any atom is -0.508 e. The number of hydrogen-bond donors (Lipinski definition) is 3. The quantitative estimate of drug-likeness (QED) is 0.559. The first-order chi connectivity index (χ1) is 8.86. The van der Waals surface area contributed by atoms with E-state index >= 15 is 0 Å². The zero-order valence-corrected chi connectivity index (χ0v) is 11.0. The van der Waals surface area contributed by atoms with Crippen LogP contribution in [0.5, 0.6) is 11.5 Å². The number of ether oxygens (including phenoxy) is 1. The standard InChI is InChI=1S/C13H17NO5/c1-7(2)11(13(18)19-3)14-12(17)9-6-8(15)4-5-10(9)16/h4-7,11,15-16H,1-3H3,(H,14,17). The molecule has 0 fully saturated rings. The molecular formula is C13H17NO5. The number of carbonyl (C=O) groups is 2. The number of phenolic OH excluding ortho intramolecular Hbond substituents is 2. The van der Waals surface area contributed by atoms with E-state index in [2.05, 4.69) is 10.1 Å². The second kappa shape index (κ2) is 6.08. The van der Waals surface area contributed by atoms with Gasteiger partial charge < -0.3 is 20.3 Å². The molecule has 0 bridgehead atoms. The topological polar surface area (TPSA) is 95.9 Å². The van der Waals surface area contributed by atoms with Crippen LogP contribution >= 0.6 is 0 Å². The normalized spacial score (nSPS) is 12.0. The molecular weight excluding hydrogens is 250 g/mol. The second-order valence-corrected chi connectivity index (χ2v) is 4.42. The Balaban J connectivity index is 2.94. The fourth-order valence-electron chi connectivity index (χ4n) is 1.55. The number of methoxy groups -OCH3 is 1. The smallest absolute Gasteiger partial charge is 0.328 e. The maximum absolute atomic E-state index is 12.0. The number of esters is 1. The minimum atomic E-state index is -0.820. The number of benzene rings is 1. The Morgan fingerprint density at radius 3 is 2.42 bits per heavy atom. The maximum atomic E-state index is 12.0. The van der Waals surface area contributed by atoms with Crippen LogP contribution in [0.25, 0.3) is 0 Å². The van der Waals surface area contributed by atoms with Crippen molar-refractivity contribution in [3.63, 3.8) is 0 Å². The summed E-state index contributed by atoms with van der Waals surface area (Å²) in [7, 11) is 1.23. The molecule has 1 unspecified atom stereocenters. The number of nitrogens with one attached hydrogen (secondary N) is 1. The van der Waals surface area contributed by atoms with Gasteiger partial charge in [-0.1, -0.05) is 13.8 Å². The molecule has 6 heteroatoms. The number of hydrogen-bond acceptors (Lipinski definition) is 5. The first-order valence-electron chi connectivity index (χ1n) is 5.77. The van der Waals surface area contributed by atoms with Crippen molar-refractivity contribution in [1.82, 2.24) is 5.32 Å². The summed E-state index contributed by atoms with van der Waals surface area (Å²) in [4.78, 5) is 23.5. The van der Waals surface area contributed by atoms with Crippen molar-refractivity contribution in [2.24, 2.45) is 5.92 Å². The van der Waals surface area contributed by atoms with Gasteiger partial charge in [0.2, 0.25) is 0 Å². The molecule has 0 aromatic heterocycles. The average Bonchev–Trinajstić information content (AvgIpc) is 2.37. The lowest BCUT2D eigenvalue weighted by Gasteiger charge is -2.20. The molecule has 1 atom stereocenters. The van der Waals surface area contributed by atoms with Gasteiger partial charge in [0, 0.05) is 0 Å². The summed E-state index contributed by atoms with van der Waals surface area (Å²) in [5, 5.41) is 21.3. The lowest BCUT2D eigenvalue weighted by molar-refractivity contribution is -0.144. The number of amides is 1. The van der Waals surface area contributed by atoms with Crippen LogP contribution in [0.2, 0.25) is 0 Å². The van der Waals surface area contributed by atoms with Gasteiger partial charge in [0.05, 0.1) is 12.7 Å². The Bertz CT molecular complexity index is 484. The molecule has 0 aliphatic heterocycles. The van der Waals surface area contributed by atoms with Gasteiger partial charge in [0.25, 0.3) is 5.91 Å². The zero-order chi connectivity index (χ0) is 14.6. The fourth-order valence-corrected chi connectivity index (χ4v) is 1.55. The molecule has 0 spiro atoms. The lowest BCUT2D eigenvalue weighted by Crippen LogP contribution is -2.45. The van der Waals surface area contributed by atoms with Crippen molar-refractivity contribution < 1.29 is 24.5 Å². The largest absolute Gasteiger partial charge is 0.508 e. The highest BCUT2D eigenvalue weighted by Gasteiger charge is 2.26. The second-order valence-electron chi connectivity index (χ2n) is 4.42. The summed E-state index contributed by atoms with van der Waals surface area (Å²) in [5.41, 5.74) is -0.102. The van der Waals surface area contributed by atoms with E-state index in [4.69, 9.17) is 0 Å². The lowest BCUT2D eigenvalue weighted by atomic mass is 10.0. The summed E-state index contributed by atoms with van der Waals surface area (Å²) in [6.07, 6.45) is 0. The molecule has 6 nitrogen and oxygen atoms in total. The van der Waals surface area contributed by atoms with Gasteiger partial charge in [-0.15, -0.1) is 0 Å². The minimum absolute atomic E-state index is 0.102. The highest BCUT2D eigenvalue weighted by Crippen LogP contribution is 2.22. The summed E-state index contributed by atoms with van der Waals surface area (Å²) in [5.74, 6) is -1.82. The summed E-state index contributed by atoms with van der Waals surface area (Å²) in [6, 6.07) is 2.76. The first kappa shape index (κ1) is 14.8. The van der Waals surface area contributed by atoms with Crippen LogP contribution in [-0.2, 0) is 9.53 Å². The third-order valence-electron chi connectivity index (χ3n) is 2.63. The van der Waals surface area contributed by atoms with Gasteiger partial charge in [0.15, 0.2) is 0 Å². The van der Waals surface area contributed by atoms with Crippen LogP contribution in [0.1, 0.15) is 24.2 Å². The third-order valence-corrected chi connectivity index (χ3v) is 2.63. The summed E-state index contributed by atoms with van der Waals surface area (Å²) in [6.45, 7) is 3.51. The Hall–Kier alpha value is -2.24. The molecule has 104 valence electrons. The number of aromatic hydroxyl groups is 2. The van der Waals surface area contributed by atoms with E-state index in [-0.39, 0.29) is 23.0 Å². The molecule has 0 aliphatic rings. The number of rotatable bonds is 4. The highest BCUT2D eigenvalue weighted by atomic mass is 16.5. The van der Waals surface area contributed by atoms with Gasteiger partial charge >= 0.3 is 5.97 Å². The van der Waals surface area contributed by atoms with E-state index in [1.165, 1.54) is 19.2 Å². The molecule has 1 aromatic carbocycles. The predicted molar refractivity (Wildman–Crippen MR) is 67.9 cm³/mol. The Kier molecular flexibility index (Phi) is 4.74. The SMILES string of the molecule is COC(=O)C(NC(=O)c1cc(O)ccc1O)C(C)C. The first-order valence-corrected chi connectivity index (χ1v) is 5.77. The van der Waals surface area contributed by atoms with Crippen molar-refractivity contribution in [1.29, 1.82) is 0 Å². The maximum Gasteiger partial charge on any atom is 0.328 e. The van der Waals surface area contributed by atoms with Crippen LogP contribution in [-0.4, -0.2) is 35.2 Å². The third kappa shape index (κ3) is 3.61. The molecule has 0 radical (unpaired) electrons. The predicted octanol–water partition coefficient (Wildman–Crippen LogP) is 1.03. The summed E-state index contributed by atoms with van der Waals surface area (Å²) >= 11 is 0. The van der Waals surface area contributed by atoms with Gasteiger partial charge in [-0.25, -0.2) is 4.79 Å². The molecule has 0 saturated carbocycles. The zero-order valence-electron chi connectivity index (χ0n) is 11.0. The van der Waals surface area contributed by atoms with Gasteiger partial charge in [-0.3, -0.25) is 4.79 Å². The molecule has 0 aliphatic carbocycles. The van der Waals surface area contributed by atoms with E-state index < -0.39 is 17.9 Å². The fraction of sp³-hybridized carbons (Fsp3) is 0.385. The van der Waals surface area contributed by atoms with E-state index in [0.29, 0.717) is 0 Å². The van der Waals surface area contributed by atoms with Crippen LogP contribution in [0.4, 0.5) is 0 Å². The van der Waals surface area contributed by atoms with E-state index in [0.717, 1.165) is 6.07 Å². The monoisotopic (exact) mass is 267 g/mol. The Labute approximate surface area is 111 Å². The number of phenols is 2. The van der Waals surface area contributed by atoms with Crippen LogP contribution in [0, 0.1) is 5.92 Å². The number of carbonyl (C=O) groups excluding carboxylic acids is 2. The molecule has 1 amide bonds. The van der Waals surface area contributed by atoms with Gasteiger partial charge in [0.1, 0.15) is 17.5 Å². The molecule has 1 rings (SSSR count). The Morgan fingerprint density at radius 1 is 1.26 bits per heavy atom. The van der Waals surface area contributed by atoms with Crippen molar-refractivity contribution in [3.8, 4) is 11.5 Å². The van der Waals surface area contributed by atoms with Crippen molar-refractivity contribution in [2.75, 3.05) is 7.11 Å². The summed E-state index contributed by atoms with van der Waals surface area (Å²) < 4.78 is 4.60. The van der Waals surface area contributed by atoms with Crippen LogP contribution in [0.15, 0.2) is 18.2 Å². The molecule has 1 aromatic rings. The Morgan fingerprint density at radius 2 is 1.89 bits per heavy atom. The molecule has 19 heavy (non-hydrogen) atoms. The van der Waals surface area contributed by atoms with Crippen molar-refractivity contribution in [3.05, 3.63) is 23.8 Å². The van der Waals surface area contributed by atoms with Crippen molar-refractivity contribution >= 4 is 11.9 Å². The molecule has 0 heterocycles.